The Morgan fingerprint density at radius 1 is 1.35 bits per heavy atom. The lowest BCUT2D eigenvalue weighted by atomic mass is 10.0. The van der Waals surface area contributed by atoms with Gasteiger partial charge in [0.2, 0.25) is 0 Å². The van der Waals surface area contributed by atoms with Gasteiger partial charge in [0.15, 0.2) is 5.82 Å². The van der Waals surface area contributed by atoms with E-state index in [-0.39, 0.29) is 0 Å². The monoisotopic (exact) mass is 274 g/mol. The van der Waals surface area contributed by atoms with Crippen molar-refractivity contribution in [3.05, 3.63) is 29.3 Å². The summed E-state index contributed by atoms with van der Waals surface area (Å²) >= 11 is 0. The first-order valence-corrected chi connectivity index (χ1v) is 7.41. The van der Waals surface area contributed by atoms with E-state index in [9.17, 15) is 0 Å². The van der Waals surface area contributed by atoms with E-state index in [1.165, 1.54) is 41.6 Å². The largest absolute Gasteiger partial charge is 0.346 e. The number of tetrazole rings is 1. The Bertz CT molecular complexity index is 570. The highest BCUT2D eigenvalue weighted by Gasteiger charge is 2.20. The normalized spacial score (nSPS) is 18.8. The highest BCUT2D eigenvalue weighted by atomic mass is 15.6. The Morgan fingerprint density at radius 2 is 2.25 bits per heavy atom. The second-order valence-electron chi connectivity index (χ2n) is 5.46. The highest BCUT2D eigenvalue weighted by Crippen LogP contribution is 2.29. The lowest BCUT2D eigenvalue weighted by Crippen LogP contribution is -2.20. The Morgan fingerprint density at radius 3 is 3.00 bits per heavy atom. The van der Waals surface area contributed by atoms with E-state index in [2.05, 4.69) is 44.6 Å². The molecule has 0 spiro atoms. The van der Waals surface area contributed by atoms with Crippen LogP contribution in [0.15, 0.2) is 12.4 Å². The lowest BCUT2D eigenvalue weighted by molar-refractivity contribution is 0.502. The number of fused-ring (bicyclic) bond motifs is 1. The molecule has 0 bridgehead atoms. The number of aryl methyl sites for hydroxylation is 2. The molecule has 2 heterocycles. The molecule has 6 heteroatoms. The summed E-state index contributed by atoms with van der Waals surface area (Å²) in [5.41, 5.74) is 2.92. The van der Waals surface area contributed by atoms with Crippen molar-refractivity contribution in [3.63, 3.8) is 0 Å². The average molecular weight is 274 g/mol. The number of aromatic nitrogens is 5. The van der Waals surface area contributed by atoms with Crippen LogP contribution in [-0.2, 0) is 20.0 Å². The van der Waals surface area contributed by atoms with Crippen LogP contribution < -0.4 is 5.32 Å². The molecule has 0 saturated carbocycles. The quantitative estimate of drug-likeness (QED) is 0.857. The molecule has 1 atom stereocenters. The van der Waals surface area contributed by atoms with Gasteiger partial charge in [0.1, 0.15) is 0 Å². The van der Waals surface area contributed by atoms with E-state index < -0.39 is 0 Å². The van der Waals surface area contributed by atoms with Crippen LogP contribution in [0.3, 0.4) is 0 Å². The minimum Gasteiger partial charge on any atom is -0.346 e. The topological polar surface area (TPSA) is 60.6 Å². The minimum atomic E-state index is 0.494. The molecular formula is C14H22N6. The first kappa shape index (κ1) is 13.3. The number of hydrogen-bond acceptors (Lipinski definition) is 4. The van der Waals surface area contributed by atoms with Gasteiger partial charge in [0, 0.05) is 18.4 Å². The maximum Gasteiger partial charge on any atom is 0.194 e. The molecule has 2 aromatic heterocycles. The van der Waals surface area contributed by atoms with Crippen molar-refractivity contribution in [2.45, 2.75) is 45.2 Å². The van der Waals surface area contributed by atoms with Crippen LogP contribution in [0.25, 0.3) is 0 Å². The van der Waals surface area contributed by atoms with Gasteiger partial charge in [-0.05, 0) is 42.1 Å². The fourth-order valence-corrected chi connectivity index (χ4v) is 3.02. The summed E-state index contributed by atoms with van der Waals surface area (Å²) in [6.45, 7) is 3.88. The van der Waals surface area contributed by atoms with Crippen LogP contribution in [0, 0.1) is 0 Å². The van der Waals surface area contributed by atoms with E-state index in [0.29, 0.717) is 12.6 Å². The summed E-state index contributed by atoms with van der Waals surface area (Å²) in [5, 5.41) is 15.8. The van der Waals surface area contributed by atoms with Gasteiger partial charge in [-0.15, -0.1) is 10.2 Å². The molecule has 0 aliphatic heterocycles. The Kier molecular flexibility index (Phi) is 3.82. The van der Waals surface area contributed by atoms with Gasteiger partial charge in [0.05, 0.1) is 13.6 Å². The first-order chi connectivity index (χ1) is 9.76. The number of rotatable bonds is 4. The molecule has 1 aliphatic rings. The smallest absolute Gasteiger partial charge is 0.194 e. The molecule has 0 amide bonds. The summed E-state index contributed by atoms with van der Waals surface area (Å²) in [7, 11) is 1.79. The molecule has 0 aromatic carbocycles. The van der Waals surface area contributed by atoms with Crippen LogP contribution in [0.2, 0.25) is 0 Å². The van der Waals surface area contributed by atoms with E-state index in [0.717, 1.165) is 12.4 Å². The molecule has 0 saturated heterocycles. The van der Waals surface area contributed by atoms with Gasteiger partial charge in [-0.1, -0.05) is 13.3 Å². The molecule has 6 nitrogen and oxygen atoms in total. The Labute approximate surface area is 119 Å². The maximum atomic E-state index is 4.24. The number of nitrogens with zero attached hydrogens (tertiary/aromatic N) is 5. The van der Waals surface area contributed by atoms with Crippen molar-refractivity contribution in [3.8, 4) is 0 Å². The predicted molar refractivity (Wildman–Crippen MR) is 76.3 cm³/mol. The zero-order valence-corrected chi connectivity index (χ0v) is 12.2. The standard InChI is InChI=1S/C14H22N6/c1-3-15-13-7-5-4-6-11-8-20(9-12(11)13)10-14-16-18-19(2)17-14/h8-9,13,15H,3-7,10H2,1-2H3. The molecule has 20 heavy (non-hydrogen) atoms. The van der Waals surface area contributed by atoms with Crippen molar-refractivity contribution in [1.29, 1.82) is 0 Å². The van der Waals surface area contributed by atoms with Crippen molar-refractivity contribution in [2.75, 3.05) is 6.54 Å². The number of hydrogen-bond donors (Lipinski definition) is 1. The fraction of sp³-hybridized carbons (Fsp3) is 0.643. The molecule has 1 unspecified atom stereocenters. The second kappa shape index (κ2) is 5.75. The van der Waals surface area contributed by atoms with Gasteiger partial charge in [0.25, 0.3) is 0 Å². The third kappa shape index (κ3) is 2.75. The average Bonchev–Trinajstić information content (AvgIpc) is 2.96. The summed E-state index contributed by atoms with van der Waals surface area (Å²) in [5.74, 6) is 0.762. The first-order valence-electron chi connectivity index (χ1n) is 7.41. The summed E-state index contributed by atoms with van der Waals surface area (Å²) in [6.07, 6.45) is 9.50. The summed E-state index contributed by atoms with van der Waals surface area (Å²) in [4.78, 5) is 1.51. The van der Waals surface area contributed by atoms with Crippen LogP contribution >= 0.6 is 0 Å². The van der Waals surface area contributed by atoms with Crippen molar-refractivity contribution in [2.24, 2.45) is 7.05 Å². The second-order valence-corrected chi connectivity index (χ2v) is 5.46. The summed E-state index contributed by atoms with van der Waals surface area (Å²) in [6, 6.07) is 0.494. The van der Waals surface area contributed by atoms with Gasteiger partial charge < -0.3 is 9.88 Å². The third-order valence-corrected chi connectivity index (χ3v) is 3.89. The Hall–Kier alpha value is -1.69. The molecular weight excluding hydrogens is 252 g/mol. The summed E-state index contributed by atoms with van der Waals surface area (Å²) < 4.78 is 2.19. The minimum absolute atomic E-state index is 0.494. The third-order valence-electron chi connectivity index (χ3n) is 3.89. The molecule has 3 rings (SSSR count). The molecule has 0 radical (unpaired) electrons. The SMILES string of the molecule is CCNC1CCCCc2cn(Cc3nnn(C)n3)cc21. The zero-order chi connectivity index (χ0) is 13.9. The van der Waals surface area contributed by atoms with Gasteiger partial charge >= 0.3 is 0 Å². The lowest BCUT2D eigenvalue weighted by Gasteiger charge is -2.15. The molecule has 1 aliphatic carbocycles. The van der Waals surface area contributed by atoms with Crippen LogP contribution in [0.5, 0.6) is 0 Å². The van der Waals surface area contributed by atoms with Crippen molar-refractivity contribution >= 4 is 0 Å². The van der Waals surface area contributed by atoms with E-state index in [1.54, 1.807) is 7.05 Å². The number of nitrogens with one attached hydrogen (secondary N) is 1. The van der Waals surface area contributed by atoms with Gasteiger partial charge in [-0.25, -0.2) is 0 Å². The Balaban J connectivity index is 1.82. The fourth-order valence-electron chi connectivity index (χ4n) is 3.02. The molecule has 2 aromatic rings. The highest BCUT2D eigenvalue weighted by molar-refractivity contribution is 5.29. The maximum absolute atomic E-state index is 4.24. The van der Waals surface area contributed by atoms with E-state index in [1.807, 2.05) is 0 Å². The van der Waals surface area contributed by atoms with Crippen LogP contribution in [0.4, 0.5) is 0 Å². The van der Waals surface area contributed by atoms with Gasteiger partial charge in [-0.2, -0.15) is 4.80 Å². The van der Waals surface area contributed by atoms with E-state index in [4.69, 9.17) is 0 Å². The van der Waals surface area contributed by atoms with Crippen LogP contribution in [0.1, 0.15) is 49.2 Å². The van der Waals surface area contributed by atoms with E-state index >= 15 is 0 Å². The van der Waals surface area contributed by atoms with Crippen molar-refractivity contribution < 1.29 is 0 Å². The van der Waals surface area contributed by atoms with Crippen LogP contribution in [-0.4, -0.2) is 31.3 Å². The zero-order valence-electron chi connectivity index (χ0n) is 12.2. The molecule has 0 fully saturated rings. The predicted octanol–water partition coefficient (Wildman–Crippen LogP) is 1.44. The van der Waals surface area contributed by atoms with Gasteiger partial charge in [-0.3, -0.25) is 0 Å². The molecule has 108 valence electrons. The van der Waals surface area contributed by atoms with Crippen molar-refractivity contribution in [1.82, 2.24) is 30.1 Å². The molecule has 1 N–H and O–H groups in total.